The molecule has 0 spiro atoms. The average molecular weight is 363 g/mol. The number of anilines is 1. The van der Waals surface area contributed by atoms with Crippen LogP contribution in [0.2, 0.25) is 0 Å². The van der Waals surface area contributed by atoms with Gasteiger partial charge in [0.1, 0.15) is 5.82 Å². The fourth-order valence-electron chi connectivity index (χ4n) is 2.47. The Labute approximate surface area is 146 Å². The smallest absolute Gasteiger partial charge is 0.325 e. The minimum Gasteiger partial charge on any atom is -0.325 e. The topological polar surface area (TPSA) is 46.9 Å². The van der Waals surface area contributed by atoms with Gasteiger partial charge < -0.3 is 5.32 Å². The number of nitrogens with zero attached hydrogens (tertiary/aromatic N) is 2. The second-order valence-corrected chi connectivity index (χ2v) is 5.53. The van der Waals surface area contributed by atoms with Gasteiger partial charge in [0, 0.05) is 12.4 Å². The summed E-state index contributed by atoms with van der Waals surface area (Å²) in [7, 11) is 0. The lowest BCUT2D eigenvalue weighted by atomic mass is 10.1. The van der Waals surface area contributed by atoms with Crippen molar-refractivity contribution in [3.63, 3.8) is 0 Å². The van der Waals surface area contributed by atoms with Crippen LogP contribution >= 0.6 is 0 Å². The highest BCUT2D eigenvalue weighted by atomic mass is 19.4. The summed E-state index contributed by atoms with van der Waals surface area (Å²) in [4.78, 5) is 12.1. The molecule has 0 bridgehead atoms. The Morgan fingerprint density at radius 1 is 1.12 bits per heavy atom. The van der Waals surface area contributed by atoms with Gasteiger partial charge in [0.2, 0.25) is 5.91 Å². The van der Waals surface area contributed by atoms with Gasteiger partial charge in [0.05, 0.1) is 23.4 Å². The van der Waals surface area contributed by atoms with Gasteiger partial charge in [-0.25, -0.2) is 9.07 Å². The Hall–Kier alpha value is -3.16. The van der Waals surface area contributed by atoms with Crippen molar-refractivity contribution in [2.75, 3.05) is 5.32 Å². The van der Waals surface area contributed by atoms with Gasteiger partial charge in [-0.15, -0.1) is 0 Å². The van der Waals surface area contributed by atoms with E-state index < -0.39 is 23.5 Å². The van der Waals surface area contributed by atoms with Gasteiger partial charge in [-0.05, 0) is 42.0 Å². The summed E-state index contributed by atoms with van der Waals surface area (Å²) < 4.78 is 54.5. The fourth-order valence-corrected chi connectivity index (χ4v) is 2.47. The van der Waals surface area contributed by atoms with Crippen LogP contribution in [0.25, 0.3) is 5.69 Å². The monoisotopic (exact) mass is 363 g/mol. The summed E-state index contributed by atoms with van der Waals surface area (Å²) in [5.41, 5.74) is -0.775. The molecule has 0 fully saturated rings. The molecule has 3 rings (SSSR count). The number of aromatic nitrogens is 2. The predicted molar refractivity (Wildman–Crippen MR) is 87.3 cm³/mol. The number of alkyl halides is 3. The standard InChI is InChI=1S/C18H13F4N3O/c19-13-4-1-3-12(9-13)10-17(26)24-16-6-5-14(25-8-2-7-23-25)11-15(16)18(20,21)22/h1-9,11H,10H2,(H,24,26). The van der Waals surface area contributed by atoms with E-state index in [1.54, 1.807) is 6.07 Å². The lowest BCUT2D eigenvalue weighted by Gasteiger charge is -2.15. The molecule has 8 heteroatoms. The number of rotatable bonds is 4. The molecule has 3 aromatic rings. The molecule has 0 aliphatic carbocycles. The lowest BCUT2D eigenvalue weighted by molar-refractivity contribution is -0.137. The van der Waals surface area contributed by atoms with Crippen LogP contribution in [0.15, 0.2) is 60.9 Å². The zero-order valence-electron chi connectivity index (χ0n) is 13.3. The van der Waals surface area contributed by atoms with E-state index >= 15 is 0 Å². The molecule has 0 saturated carbocycles. The summed E-state index contributed by atoms with van der Waals surface area (Å²) in [6.45, 7) is 0. The third-order valence-corrected chi connectivity index (χ3v) is 3.61. The van der Waals surface area contributed by atoms with E-state index in [0.717, 1.165) is 12.1 Å². The summed E-state index contributed by atoms with van der Waals surface area (Å²) in [5, 5.41) is 6.14. The molecular weight excluding hydrogens is 350 g/mol. The van der Waals surface area contributed by atoms with E-state index in [2.05, 4.69) is 10.4 Å². The van der Waals surface area contributed by atoms with Crippen LogP contribution in [0.3, 0.4) is 0 Å². The quantitative estimate of drug-likeness (QED) is 0.706. The summed E-state index contributed by atoms with van der Waals surface area (Å²) in [6, 6.07) is 10.4. The Kier molecular flexibility index (Phi) is 4.75. The second-order valence-electron chi connectivity index (χ2n) is 5.53. The third-order valence-electron chi connectivity index (χ3n) is 3.61. The first-order valence-electron chi connectivity index (χ1n) is 7.58. The first kappa shape index (κ1) is 17.7. The first-order valence-corrected chi connectivity index (χ1v) is 7.58. The summed E-state index contributed by atoms with van der Waals surface area (Å²) in [5.74, 6) is -1.19. The van der Waals surface area contributed by atoms with Crippen molar-refractivity contribution in [2.45, 2.75) is 12.6 Å². The van der Waals surface area contributed by atoms with E-state index in [1.165, 1.54) is 47.4 Å². The maximum atomic E-state index is 13.4. The van der Waals surface area contributed by atoms with Gasteiger partial charge in [-0.1, -0.05) is 12.1 Å². The number of halogens is 4. The minimum absolute atomic E-state index is 0.213. The molecule has 0 radical (unpaired) electrons. The van der Waals surface area contributed by atoms with Gasteiger partial charge >= 0.3 is 6.18 Å². The minimum atomic E-state index is -4.66. The Morgan fingerprint density at radius 3 is 2.58 bits per heavy atom. The second kappa shape index (κ2) is 6.99. The normalized spacial score (nSPS) is 11.4. The maximum Gasteiger partial charge on any atom is 0.418 e. The number of carbonyl (C=O) groups is 1. The van der Waals surface area contributed by atoms with E-state index in [0.29, 0.717) is 5.56 Å². The van der Waals surface area contributed by atoms with E-state index in [9.17, 15) is 22.4 Å². The molecule has 4 nitrogen and oxygen atoms in total. The van der Waals surface area contributed by atoms with Crippen molar-refractivity contribution < 1.29 is 22.4 Å². The highest BCUT2D eigenvalue weighted by molar-refractivity contribution is 5.93. The van der Waals surface area contributed by atoms with E-state index in [1.807, 2.05) is 0 Å². The molecule has 1 amide bonds. The number of carbonyl (C=O) groups excluding carboxylic acids is 1. The Morgan fingerprint density at radius 2 is 1.92 bits per heavy atom. The number of benzene rings is 2. The zero-order valence-corrected chi connectivity index (χ0v) is 13.3. The molecule has 0 atom stereocenters. The lowest BCUT2D eigenvalue weighted by Crippen LogP contribution is -2.18. The number of amides is 1. The molecular formula is C18H13F4N3O. The van der Waals surface area contributed by atoms with Crippen molar-refractivity contribution in [3.05, 3.63) is 77.9 Å². The van der Waals surface area contributed by atoms with Gasteiger partial charge in [0.25, 0.3) is 0 Å². The van der Waals surface area contributed by atoms with Crippen molar-refractivity contribution in [2.24, 2.45) is 0 Å². The molecule has 0 saturated heterocycles. The Balaban J connectivity index is 1.85. The largest absolute Gasteiger partial charge is 0.418 e. The predicted octanol–water partition coefficient (Wildman–Crippen LogP) is 4.21. The highest BCUT2D eigenvalue weighted by Gasteiger charge is 2.34. The number of hydrogen-bond acceptors (Lipinski definition) is 2. The van der Waals surface area contributed by atoms with Crippen molar-refractivity contribution in [1.82, 2.24) is 9.78 Å². The first-order chi connectivity index (χ1) is 12.3. The molecule has 0 unspecified atom stereocenters. The average Bonchev–Trinajstić information content (AvgIpc) is 3.08. The molecule has 26 heavy (non-hydrogen) atoms. The molecule has 1 N–H and O–H groups in total. The van der Waals surface area contributed by atoms with Crippen LogP contribution in [0.5, 0.6) is 0 Å². The SMILES string of the molecule is O=C(Cc1cccc(F)c1)Nc1ccc(-n2cccn2)cc1C(F)(F)F. The van der Waals surface area contributed by atoms with Crippen LogP contribution in [0.1, 0.15) is 11.1 Å². The highest BCUT2D eigenvalue weighted by Crippen LogP contribution is 2.36. The Bertz CT molecular complexity index is 920. The van der Waals surface area contributed by atoms with Crippen molar-refractivity contribution in [1.29, 1.82) is 0 Å². The molecule has 1 aromatic heterocycles. The fraction of sp³-hybridized carbons (Fsp3) is 0.111. The molecule has 2 aromatic carbocycles. The van der Waals surface area contributed by atoms with Crippen LogP contribution in [0.4, 0.5) is 23.2 Å². The maximum absolute atomic E-state index is 13.4. The molecule has 0 aliphatic heterocycles. The summed E-state index contributed by atoms with van der Waals surface area (Å²) in [6.07, 6.45) is -1.94. The van der Waals surface area contributed by atoms with Crippen LogP contribution in [0, 0.1) is 5.82 Å². The van der Waals surface area contributed by atoms with Gasteiger partial charge in [-0.2, -0.15) is 18.3 Å². The van der Waals surface area contributed by atoms with Crippen LogP contribution < -0.4 is 5.32 Å². The van der Waals surface area contributed by atoms with Crippen molar-refractivity contribution in [3.8, 4) is 5.69 Å². The van der Waals surface area contributed by atoms with Gasteiger partial charge in [0.15, 0.2) is 0 Å². The van der Waals surface area contributed by atoms with E-state index in [-0.39, 0.29) is 17.8 Å². The molecule has 134 valence electrons. The van der Waals surface area contributed by atoms with Gasteiger partial charge in [-0.3, -0.25) is 4.79 Å². The van der Waals surface area contributed by atoms with E-state index in [4.69, 9.17) is 0 Å². The zero-order chi connectivity index (χ0) is 18.7. The third kappa shape index (κ3) is 4.08. The number of nitrogens with one attached hydrogen (secondary N) is 1. The van der Waals surface area contributed by atoms with Crippen molar-refractivity contribution >= 4 is 11.6 Å². The number of hydrogen-bond donors (Lipinski definition) is 1. The molecule has 0 aliphatic rings. The molecule has 1 heterocycles. The van der Waals surface area contributed by atoms with Crippen LogP contribution in [-0.4, -0.2) is 15.7 Å². The van der Waals surface area contributed by atoms with Crippen LogP contribution in [-0.2, 0) is 17.4 Å². The summed E-state index contributed by atoms with van der Waals surface area (Å²) >= 11 is 0.